The van der Waals surface area contributed by atoms with E-state index < -0.39 is 0 Å². The molecule has 2 aromatic rings. The fourth-order valence-electron chi connectivity index (χ4n) is 2.52. The van der Waals surface area contributed by atoms with E-state index in [2.05, 4.69) is 13.8 Å². The van der Waals surface area contributed by atoms with E-state index in [0.717, 1.165) is 42.4 Å². The lowest BCUT2D eigenvalue weighted by atomic mass is 9.97. The molecule has 0 bridgehead atoms. The van der Waals surface area contributed by atoms with E-state index in [-0.39, 0.29) is 11.5 Å². The molecule has 0 heterocycles. The van der Waals surface area contributed by atoms with Crippen LogP contribution in [-0.2, 0) is 12.8 Å². The summed E-state index contributed by atoms with van der Waals surface area (Å²) in [6.45, 7) is 4.25. The van der Waals surface area contributed by atoms with Gasteiger partial charge in [0.25, 0.3) is 0 Å². The van der Waals surface area contributed by atoms with Crippen molar-refractivity contribution in [3.8, 4) is 22.6 Å². The van der Waals surface area contributed by atoms with E-state index in [0.29, 0.717) is 0 Å². The van der Waals surface area contributed by atoms with Crippen molar-refractivity contribution in [3.63, 3.8) is 0 Å². The average Bonchev–Trinajstić information content (AvgIpc) is 2.41. The maximum absolute atomic E-state index is 10.1. The van der Waals surface area contributed by atoms with E-state index in [4.69, 9.17) is 0 Å². The summed E-state index contributed by atoms with van der Waals surface area (Å²) >= 11 is 0. The highest BCUT2D eigenvalue weighted by atomic mass is 16.3. The van der Waals surface area contributed by atoms with Gasteiger partial charge in [-0.1, -0.05) is 38.8 Å². The Balaban J connectivity index is 2.46. The van der Waals surface area contributed by atoms with Crippen molar-refractivity contribution in [1.82, 2.24) is 0 Å². The molecule has 20 heavy (non-hydrogen) atoms. The quantitative estimate of drug-likeness (QED) is 0.828. The van der Waals surface area contributed by atoms with E-state index in [1.54, 1.807) is 18.2 Å². The third-order valence-corrected chi connectivity index (χ3v) is 3.43. The van der Waals surface area contributed by atoms with Gasteiger partial charge in [-0.05, 0) is 53.8 Å². The van der Waals surface area contributed by atoms with Crippen molar-refractivity contribution in [1.29, 1.82) is 0 Å². The van der Waals surface area contributed by atoms with Gasteiger partial charge >= 0.3 is 0 Å². The molecule has 0 aliphatic rings. The lowest BCUT2D eigenvalue weighted by Gasteiger charge is -2.10. The maximum Gasteiger partial charge on any atom is 0.123 e. The van der Waals surface area contributed by atoms with Crippen LogP contribution < -0.4 is 0 Å². The average molecular weight is 270 g/mol. The molecule has 2 N–H and O–H groups in total. The van der Waals surface area contributed by atoms with E-state index >= 15 is 0 Å². The summed E-state index contributed by atoms with van der Waals surface area (Å²) in [5, 5.41) is 20.0. The van der Waals surface area contributed by atoms with E-state index in [1.165, 1.54) is 5.56 Å². The molecule has 0 radical (unpaired) electrons. The summed E-state index contributed by atoms with van der Waals surface area (Å²) in [4.78, 5) is 0. The van der Waals surface area contributed by atoms with Crippen LogP contribution in [0.5, 0.6) is 11.5 Å². The van der Waals surface area contributed by atoms with Crippen LogP contribution in [0.4, 0.5) is 0 Å². The Morgan fingerprint density at radius 2 is 1.50 bits per heavy atom. The topological polar surface area (TPSA) is 40.5 Å². The molecule has 0 aliphatic carbocycles. The van der Waals surface area contributed by atoms with Gasteiger partial charge in [-0.25, -0.2) is 0 Å². The van der Waals surface area contributed by atoms with Crippen LogP contribution in [0.3, 0.4) is 0 Å². The molecule has 2 rings (SSSR count). The molecule has 106 valence electrons. The lowest BCUT2D eigenvalue weighted by Crippen LogP contribution is -1.89. The minimum absolute atomic E-state index is 0.256. The Hall–Kier alpha value is -1.96. The molecule has 0 fully saturated rings. The van der Waals surface area contributed by atoms with Crippen LogP contribution in [0.2, 0.25) is 0 Å². The number of benzene rings is 2. The number of rotatable bonds is 5. The smallest absolute Gasteiger partial charge is 0.123 e. The molecular formula is C18H22O2. The van der Waals surface area contributed by atoms with Crippen molar-refractivity contribution >= 4 is 0 Å². The van der Waals surface area contributed by atoms with Crippen molar-refractivity contribution in [2.24, 2.45) is 0 Å². The zero-order valence-electron chi connectivity index (χ0n) is 12.2. The molecule has 2 heteroatoms. The molecule has 0 aliphatic heterocycles. The summed E-state index contributed by atoms with van der Waals surface area (Å²) in [6, 6.07) is 11.3. The van der Waals surface area contributed by atoms with Crippen LogP contribution in [0.1, 0.15) is 37.8 Å². The molecule has 0 saturated carbocycles. The highest BCUT2D eigenvalue weighted by Crippen LogP contribution is 2.33. The van der Waals surface area contributed by atoms with E-state index in [1.807, 2.05) is 18.2 Å². The second kappa shape index (κ2) is 6.47. The Morgan fingerprint density at radius 3 is 2.20 bits per heavy atom. The Bertz CT molecular complexity index is 588. The van der Waals surface area contributed by atoms with Gasteiger partial charge in [-0.3, -0.25) is 0 Å². The number of aromatic hydroxyl groups is 2. The van der Waals surface area contributed by atoms with Crippen LogP contribution >= 0.6 is 0 Å². The van der Waals surface area contributed by atoms with Crippen LogP contribution in [0, 0.1) is 0 Å². The molecule has 2 nitrogen and oxygen atoms in total. The summed E-state index contributed by atoms with van der Waals surface area (Å²) in [6.07, 6.45) is 4.03. The largest absolute Gasteiger partial charge is 0.508 e. The second-order valence-corrected chi connectivity index (χ2v) is 5.24. The first-order valence-electron chi connectivity index (χ1n) is 7.29. The fraction of sp³-hybridized carbons (Fsp3) is 0.333. The molecule has 0 atom stereocenters. The molecule has 2 aromatic carbocycles. The second-order valence-electron chi connectivity index (χ2n) is 5.24. The molecular weight excluding hydrogens is 248 g/mol. The Morgan fingerprint density at radius 1 is 0.800 bits per heavy atom. The van der Waals surface area contributed by atoms with Crippen molar-refractivity contribution in [2.45, 2.75) is 39.5 Å². The summed E-state index contributed by atoms with van der Waals surface area (Å²) in [5.74, 6) is 0.518. The van der Waals surface area contributed by atoms with Crippen LogP contribution in [0.15, 0.2) is 36.4 Å². The Labute approximate surface area is 120 Å². The number of phenols is 2. The van der Waals surface area contributed by atoms with Gasteiger partial charge in [-0.15, -0.1) is 0 Å². The summed E-state index contributed by atoms with van der Waals surface area (Å²) in [5.41, 5.74) is 3.98. The third kappa shape index (κ3) is 3.32. The number of hydrogen-bond donors (Lipinski definition) is 2. The van der Waals surface area contributed by atoms with Gasteiger partial charge in [0.15, 0.2) is 0 Å². The van der Waals surface area contributed by atoms with Gasteiger partial charge in [0.1, 0.15) is 11.5 Å². The first-order valence-corrected chi connectivity index (χ1v) is 7.29. The summed E-state index contributed by atoms with van der Waals surface area (Å²) < 4.78 is 0. The minimum atomic E-state index is 0.256. The molecule has 0 amide bonds. The van der Waals surface area contributed by atoms with E-state index in [9.17, 15) is 10.2 Å². The highest BCUT2D eigenvalue weighted by molar-refractivity contribution is 5.72. The number of hydrogen-bond acceptors (Lipinski definition) is 2. The molecule has 0 aromatic heterocycles. The predicted molar refractivity (Wildman–Crippen MR) is 83.2 cm³/mol. The first kappa shape index (κ1) is 14.4. The van der Waals surface area contributed by atoms with Crippen LogP contribution in [0.25, 0.3) is 11.1 Å². The zero-order valence-corrected chi connectivity index (χ0v) is 12.2. The van der Waals surface area contributed by atoms with Gasteiger partial charge in [0.2, 0.25) is 0 Å². The fourth-order valence-corrected chi connectivity index (χ4v) is 2.52. The molecule has 0 saturated heterocycles. The highest BCUT2D eigenvalue weighted by Gasteiger charge is 2.08. The standard InChI is InChI=1S/C18H22O2/c1-3-5-13-7-8-18(20)17(11-13)15-9-14(6-4-2)10-16(19)12-15/h7-12,19-20H,3-6H2,1-2H3. The monoisotopic (exact) mass is 270 g/mol. The number of phenolic OH excluding ortho intramolecular Hbond substituents is 2. The number of aryl methyl sites for hydroxylation is 2. The van der Waals surface area contributed by atoms with Gasteiger partial charge in [-0.2, -0.15) is 0 Å². The van der Waals surface area contributed by atoms with Crippen molar-refractivity contribution in [2.75, 3.05) is 0 Å². The van der Waals surface area contributed by atoms with Gasteiger partial charge in [0, 0.05) is 5.56 Å². The summed E-state index contributed by atoms with van der Waals surface area (Å²) in [7, 11) is 0. The maximum atomic E-state index is 10.1. The SMILES string of the molecule is CCCc1cc(O)cc(-c2cc(CCC)ccc2O)c1. The van der Waals surface area contributed by atoms with Gasteiger partial charge < -0.3 is 10.2 Å². The minimum Gasteiger partial charge on any atom is -0.508 e. The predicted octanol–water partition coefficient (Wildman–Crippen LogP) is 4.67. The first-order chi connectivity index (χ1) is 9.63. The lowest BCUT2D eigenvalue weighted by molar-refractivity contribution is 0.473. The normalized spacial score (nSPS) is 10.7. The van der Waals surface area contributed by atoms with Crippen LogP contribution in [-0.4, -0.2) is 10.2 Å². The van der Waals surface area contributed by atoms with Gasteiger partial charge in [0.05, 0.1) is 0 Å². The molecule has 0 unspecified atom stereocenters. The van der Waals surface area contributed by atoms with Crippen molar-refractivity contribution in [3.05, 3.63) is 47.5 Å². The third-order valence-electron chi connectivity index (χ3n) is 3.43. The zero-order chi connectivity index (χ0) is 14.5. The molecule has 0 spiro atoms. The van der Waals surface area contributed by atoms with Crippen molar-refractivity contribution < 1.29 is 10.2 Å². The Kier molecular flexibility index (Phi) is 4.67.